The molecule has 2 aromatic rings. The summed E-state index contributed by atoms with van der Waals surface area (Å²) in [5.41, 5.74) is -0.682. The number of ether oxygens (including phenoxy) is 1. The second kappa shape index (κ2) is 5.12. The Kier molecular flexibility index (Phi) is 3.67. The third-order valence-electron chi connectivity index (χ3n) is 2.48. The monoisotopic (exact) mass is 303 g/mol. The van der Waals surface area contributed by atoms with Crippen molar-refractivity contribution in [2.24, 2.45) is 0 Å². The standard InChI is InChI=1S/C12H8F3NO3S/c1-19-9-4-6(12(13,14)15)2-3-7(9)10-16-8(5-20-10)11(17)18/h2-5H,1H3,(H,17,18). The lowest BCUT2D eigenvalue weighted by Gasteiger charge is -2.11. The molecule has 1 N–H and O–H groups in total. The largest absolute Gasteiger partial charge is 0.496 e. The molecule has 20 heavy (non-hydrogen) atoms. The maximum atomic E-state index is 12.6. The van der Waals surface area contributed by atoms with Crippen LogP contribution in [0.15, 0.2) is 23.6 Å². The molecular formula is C12H8F3NO3S. The van der Waals surface area contributed by atoms with E-state index in [-0.39, 0.29) is 16.5 Å². The van der Waals surface area contributed by atoms with Gasteiger partial charge in [0.25, 0.3) is 0 Å². The fourth-order valence-electron chi connectivity index (χ4n) is 1.54. The summed E-state index contributed by atoms with van der Waals surface area (Å²) in [4.78, 5) is 14.6. The molecule has 2 rings (SSSR count). The molecule has 0 spiro atoms. The van der Waals surface area contributed by atoms with Crippen molar-refractivity contribution < 1.29 is 27.8 Å². The Labute approximate surface area is 115 Å². The van der Waals surface area contributed by atoms with Gasteiger partial charge in [-0.2, -0.15) is 13.2 Å². The highest BCUT2D eigenvalue weighted by molar-refractivity contribution is 7.13. The van der Waals surface area contributed by atoms with E-state index in [2.05, 4.69) is 4.98 Å². The Bertz CT molecular complexity index is 652. The van der Waals surface area contributed by atoms with Gasteiger partial charge in [-0.1, -0.05) is 0 Å². The maximum absolute atomic E-state index is 12.6. The molecule has 1 aromatic heterocycles. The zero-order valence-corrected chi connectivity index (χ0v) is 10.9. The van der Waals surface area contributed by atoms with Crippen LogP contribution in [0.4, 0.5) is 13.2 Å². The second-order valence-electron chi connectivity index (χ2n) is 3.76. The minimum atomic E-state index is -4.47. The molecule has 0 saturated carbocycles. The van der Waals surface area contributed by atoms with Crippen molar-refractivity contribution in [3.05, 3.63) is 34.8 Å². The zero-order valence-electron chi connectivity index (χ0n) is 10.1. The molecule has 0 atom stereocenters. The zero-order chi connectivity index (χ0) is 14.9. The Morgan fingerprint density at radius 3 is 2.60 bits per heavy atom. The van der Waals surface area contributed by atoms with E-state index in [1.54, 1.807) is 0 Å². The van der Waals surface area contributed by atoms with E-state index < -0.39 is 17.7 Å². The van der Waals surface area contributed by atoms with Crippen LogP contribution >= 0.6 is 11.3 Å². The first-order valence-electron chi connectivity index (χ1n) is 5.27. The van der Waals surface area contributed by atoms with Crippen LogP contribution in [0, 0.1) is 0 Å². The summed E-state index contributed by atoms with van der Waals surface area (Å²) in [6.45, 7) is 0. The van der Waals surface area contributed by atoms with Crippen molar-refractivity contribution >= 4 is 17.3 Å². The highest BCUT2D eigenvalue weighted by atomic mass is 32.1. The molecule has 0 saturated heterocycles. The van der Waals surface area contributed by atoms with Crippen LogP contribution in [0.25, 0.3) is 10.6 Å². The first-order chi connectivity index (χ1) is 9.32. The van der Waals surface area contributed by atoms with Crippen LogP contribution in [0.2, 0.25) is 0 Å². The fraction of sp³-hybridized carbons (Fsp3) is 0.167. The predicted molar refractivity (Wildman–Crippen MR) is 66.1 cm³/mol. The summed E-state index contributed by atoms with van der Waals surface area (Å²) >= 11 is 1.02. The van der Waals surface area contributed by atoms with Crippen LogP contribution in [-0.2, 0) is 6.18 Å². The predicted octanol–water partition coefficient (Wildman–Crippen LogP) is 3.54. The van der Waals surface area contributed by atoms with Crippen molar-refractivity contribution in [3.8, 4) is 16.3 Å². The van der Waals surface area contributed by atoms with E-state index in [1.165, 1.54) is 18.6 Å². The molecule has 4 nitrogen and oxygen atoms in total. The minimum Gasteiger partial charge on any atom is -0.496 e. The molecule has 8 heteroatoms. The number of halogens is 3. The Morgan fingerprint density at radius 2 is 2.10 bits per heavy atom. The highest BCUT2D eigenvalue weighted by Gasteiger charge is 2.31. The lowest BCUT2D eigenvalue weighted by Crippen LogP contribution is -2.05. The number of alkyl halides is 3. The molecule has 106 valence electrons. The number of carbonyl (C=O) groups is 1. The molecule has 0 aliphatic heterocycles. The van der Waals surface area contributed by atoms with Gasteiger partial charge >= 0.3 is 12.1 Å². The third kappa shape index (κ3) is 2.74. The first-order valence-corrected chi connectivity index (χ1v) is 6.15. The smallest absolute Gasteiger partial charge is 0.416 e. The third-order valence-corrected chi connectivity index (χ3v) is 3.36. The molecule has 0 fully saturated rings. The summed E-state index contributed by atoms with van der Waals surface area (Å²) in [5, 5.41) is 10.4. The van der Waals surface area contributed by atoms with Crippen LogP contribution in [0.1, 0.15) is 16.1 Å². The molecule has 1 aromatic carbocycles. The number of carboxylic acids is 1. The molecule has 0 radical (unpaired) electrons. The van der Waals surface area contributed by atoms with E-state index >= 15 is 0 Å². The average Bonchev–Trinajstić information content (AvgIpc) is 2.86. The van der Waals surface area contributed by atoms with E-state index in [0.717, 1.165) is 23.5 Å². The fourth-order valence-corrected chi connectivity index (χ4v) is 2.36. The average molecular weight is 303 g/mol. The minimum absolute atomic E-state index is 0.00823. The van der Waals surface area contributed by atoms with Gasteiger partial charge in [0.05, 0.1) is 18.2 Å². The number of benzene rings is 1. The number of hydrogen-bond donors (Lipinski definition) is 1. The lowest BCUT2D eigenvalue weighted by molar-refractivity contribution is -0.137. The van der Waals surface area contributed by atoms with Crippen LogP contribution in [-0.4, -0.2) is 23.2 Å². The van der Waals surface area contributed by atoms with Crippen molar-refractivity contribution in [3.63, 3.8) is 0 Å². The SMILES string of the molecule is COc1cc(C(F)(F)F)ccc1-c1nc(C(=O)O)cs1. The number of carboxylic acid groups (broad SMARTS) is 1. The van der Waals surface area contributed by atoms with E-state index in [9.17, 15) is 18.0 Å². The van der Waals surface area contributed by atoms with Gasteiger partial charge < -0.3 is 9.84 Å². The van der Waals surface area contributed by atoms with Gasteiger partial charge in [-0.15, -0.1) is 11.3 Å². The quantitative estimate of drug-likeness (QED) is 0.942. The molecule has 0 unspecified atom stereocenters. The Hall–Kier alpha value is -2.09. The number of thiazole rings is 1. The Morgan fingerprint density at radius 1 is 1.40 bits per heavy atom. The van der Waals surface area contributed by atoms with Gasteiger partial charge in [-0.05, 0) is 18.2 Å². The lowest BCUT2D eigenvalue weighted by atomic mass is 10.1. The first kappa shape index (κ1) is 14.3. The normalized spacial score (nSPS) is 11.4. The molecule has 0 aliphatic carbocycles. The molecule has 0 bridgehead atoms. The highest BCUT2D eigenvalue weighted by Crippen LogP contribution is 2.37. The Balaban J connectivity index is 2.48. The molecular weight excluding hydrogens is 295 g/mol. The second-order valence-corrected chi connectivity index (χ2v) is 4.61. The topological polar surface area (TPSA) is 59.4 Å². The van der Waals surface area contributed by atoms with Crippen molar-refractivity contribution in [2.75, 3.05) is 7.11 Å². The van der Waals surface area contributed by atoms with Gasteiger partial charge in [0, 0.05) is 5.38 Å². The van der Waals surface area contributed by atoms with E-state index in [4.69, 9.17) is 9.84 Å². The van der Waals surface area contributed by atoms with Gasteiger partial charge in [-0.3, -0.25) is 0 Å². The number of nitrogens with zero attached hydrogens (tertiary/aromatic N) is 1. The van der Waals surface area contributed by atoms with E-state index in [1.807, 2.05) is 0 Å². The summed E-state index contributed by atoms with van der Waals surface area (Å²) in [6.07, 6.45) is -4.47. The van der Waals surface area contributed by atoms with Crippen molar-refractivity contribution in [1.29, 1.82) is 0 Å². The summed E-state index contributed by atoms with van der Waals surface area (Å²) < 4.78 is 42.7. The van der Waals surface area contributed by atoms with Crippen LogP contribution < -0.4 is 4.74 Å². The van der Waals surface area contributed by atoms with Gasteiger partial charge in [0.15, 0.2) is 5.69 Å². The molecule has 0 amide bonds. The van der Waals surface area contributed by atoms with Gasteiger partial charge in [0.2, 0.25) is 0 Å². The van der Waals surface area contributed by atoms with Crippen molar-refractivity contribution in [2.45, 2.75) is 6.18 Å². The van der Waals surface area contributed by atoms with Crippen LogP contribution in [0.3, 0.4) is 0 Å². The molecule has 1 heterocycles. The number of aromatic nitrogens is 1. The number of rotatable bonds is 3. The van der Waals surface area contributed by atoms with Gasteiger partial charge in [0.1, 0.15) is 10.8 Å². The van der Waals surface area contributed by atoms with E-state index in [0.29, 0.717) is 5.56 Å². The summed E-state index contributed by atoms with van der Waals surface area (Å²) in [7, 11) is 1.24. The number of methoxy groups -OCH3 is 1. The summed E-state index contributed by atoms with van der Waals surface area (Å²) in [5.74, 6) is -1.20. The van der Waals surface area contributed by atoms with Gasteiger partial charge in [-0.25, -0.2) is 9.78 Å². The number of hydrogen-bond acceptors (Lipinski definition) is 4. The van der Waals surface area contributed by atoms with Crippen LogP contribution in [0.5, 0.6) is 5.75 Å². The number of aromatic carboxylic acids is 1. The van der Waals surface area contributed by atoms with Crippen molar-refractivity contribution in [1.82, 2.24) is 4.98 Å². The maximum Gasteiger partial charge on any atom is 0.416 e. The molecule has 0 aliphatic rings. The summed E-state index contributed by atoms with van der Waals surface area (Å²) in [6, 6.07) is 2.98.